The summed E-state index contributed by atoms with van der Waals surface area (Å²) < 4.78 is 0. The first-order chi connectivity index (χ1) is 8.58. The Hall–Kier alpha value is -0.820. The summed E-state index contributed by atoms with van der Waals surface area (Å²) in [4.78, 5) is 12.7. The van der Waals surface area contributed by atoms with Gasteiger partial charge in [0.25, 0.3) is 0 Å². The van der Waals surface area contributed by atoms with Crippen molar-refractivity contribution in [1.82, 2.24) is 0 Å². The quantitative estimate of drug-likeness (QED) is 0.726. The topological polar surface area (TPSA) is 17.1 Å². The van der Waals surface area contributed by atoms with E-state index < -0.39 is 0 Å². The van der Waals surface area contributed by atoms with E-state index in [0.29, 0.717) is 22.6 Å². The van der Waals surface area contributed by atoms with Crippen molar-refractivity contribution in [1.29, 1.82) is 0 Å². The van der Waals surface area contributed by atoms with Crippen LogP contribution in [0.4, 0.5) is 0 Å². The summed E-state index contributed by atoms with van der Waals surface area (Å²) in [5.41, 5.74) is 3.07. The molecule has 2 saturated carbocycles. The summed E-state index contributed by atoms with van der Waals surface area (Å²) in [6.07, 6.45) is 4.93. The smallest absolute Gasteiger partial charge is 0.168 e. The van der Waals surface area contributed by atoms with Crippen molar-refractivity contribution >= 4 is 17.4 Å². The first-order valence-corrected chi connectivity index (χ1v) is 7.26. The fourth-order valence-corrected chi connectivity index (χ4v) is 3.18. The number of hydrogen-bond acceptors (Lipinski definition) is 1. The Bertz CT molecular complexity index is 486. The third-order valence-electron chi connectivity index (χ3n) is 4.41. The number of Topliss-reactive ketones (excluding diaryl/α,β-unsaturated/α-hetero) is 1. The molecule has 1 nitrogen and oxygen atoms in total. The van der Waals surface area contributed by atoms with Gasteiger partial charge in [-0.3, -0.25) is 4.79 Å². The molecule has 0 radical (unpaired) electrons. The minimum absolute atomic E-state index is 0.254. The van der Waals surface area contributed by atoms with Crippen LogP contribution in [-0.4, -0.2) is 5.78 Å². The van der Waals surface area contributed by atoms with Crippen molar-refractivity contribution in [2.45, 2.75) is 39.5 Å². The number of benzene rings is 1. The molecule has 0 aromatic heterocycles. The van der Waals surface area contributed by atoms with E-state index in [0.717, 1.165) is 16.7 Å². The molecule has 0 unspecified atom stereocenters. The Morgan fingerprint density at radius 1 is 1.11 bits per heavy atom. The van der Waals surface area contributed by atoms with Crippen molar-refractivity contribution < 1.29 is 4.79 Å². The largest absolute Gasteiger partial charge is 0.294 e. The van der Waals surface area contributed by atoms with Gasteiger partial charge in [0.2, 0.25) is 0 Å². The van der Waals surface area contributed by atoms with Gasteiger partial charge in [-0.1, -0.05) is 11.6 Å². The maximum Gasteiger partial charge on any atom is 0.168 e. The molecule has 0 N–H and O–H groups in total. The Labute approximate surface area is 114 Å². The third-order valence-corrected chi connectivity index (χ3v) is 4.72. The number of rotatable bonds is 4. The Kier molecular flexibility index (Phi) is 2.97. The Morgan fingerprint density at radius 3 is 2.11 bits per heavy atom. The highest BCUT2D eigenvalue weighted by Gasteiger charge is 2.45. The molecule has 0 aliphatic heterocycles. The molecular formula is C16H19ClO. The molecule has 2 heteroatoms. The average molecular weight is 263 g/mol. The highest BCUT2D eigenvalue weighted by Crippen LogP contribution is 2.50. The first kappa shape index (κ1) is 12.2. The van der Waals surface area contributed by atoms with Crippen LogP contribution >= 0.6 is 11.6 Å². The highest BCUT2D eigenvalue weighted by atomic mass is 35.5. The third kappa shape index (κ3) is 2.21. The molecule has 0 bridgehead atoms. The number of aryl methyl sites for hydroxylation is 2. The Morgan fingerprint density at radius 2 is 1.61 bits per heavy atom. The highest BCUT2D eigenvalue weighted by molar-refractivity contribution is 6.34. The Balaban J connectivity index is 1.93. The van der Waals surface area contributed by atoms with Crippen molar-refractivity contribution in [2.75, 3.05) is 0 Å². The van der Waals surface area contributed by atoms with E-state index >= 15 is 0 Å². The van der Waals surface area contributed by atoms with Gasteiger partial charge < -0.3 is 0 Å². The van der Waals surface area contributed by atoms with Crippen LogP contribution in [0.15, 0.2) is 12.1 Å². The number of halogens is 1. The van der Waals surface area contributed by atoms with Crippen LogP contribution < -0.4 is 0 Å². The normalized spacial score (nSPS) is 19.3. The van der Waals surface area contributed by atoms with Gasteiger partial charge in [-0.2, -0.15) is 0 Å². The molecule has 2 fully saturated rings. The van der Waals surface area contributed by atoms with Gasteiger partial charge in [-0.15, -0.1) is 0 Å². The molecule has 2 aliphatic rings. The molecule has 0 saturated heterocycles. The summed E-state index contributed by atoms with van der Waals surface area (Å²) in [5.74, 6) is 1.84. The lowest BCUT2D eigenvalue weighted by atomic mass is 9.88. The lowest BCUT2D eigenvalue weighted by Crippen LogP contribution is -2.19. The van der Waals surface area contributed by atoms with Gasteiger partial charge >= 0.3 is 0 Å². The van der Waals surface area contributed by atoms with Crippen molar-refractivity contribution in [3.05, 3.63) is 33.8 Å². The van der Waals surface area contributed by atoms with E-state index in [-0.39, 0.29) is 5.92 Å². The zero-order chi connectivity index (χ0) is 12.9. The first-order valence-electron chi connectivity index (χ1n) is 6.89. The molecule has 0 heterocycles. The standard InChI is InChI=1S/C16H19ClO/c1-9-7-13(14(17)8-10(9)2)16(18)15(11-3-4-11)12-5-6-12/h7-8,11-12,15H,3-6H2,1-2H3. The molecular weight excluding hydrogens is 244 g/mol. The minimum Gasteiger partial charge on any atom is -0.294 e. The second-order valence-electron chi connectivity index (χ2n) is 5.98. The molecule has 0 atom stereocenters. The van der Waals surface area contributed by atoms with Gasteiger partial charge in [0.15, 0.2) is 5.78 Å². The molecule has 1 aromatic carbocycles. The monoisotopic (exact) mass is 262 g/mol. The van der Waals surface area contributed by atoms with E-state index in [1.165, 1.54) is 25.7 Å². The van der Waals surface area contributed by atoms with E-state index in [2.05, 4.69) is 0 Å². The lowest BCUT2D eigenvalue weighted by molar-refractivity contribution is 0.0886. The van der Waals surface area contributed by atoms with Gasteiger partial charge in [-0.25, -0.2) is 0 Å². The summed E-state index contributed by atoms with van der Waals surface area (Å²) in [6.45, 7) is 4.08. The molecule has 2 aliphatic carbocycles. The van der Waals surface area contributed by atoms with E-state index in [9.17, 15) is 4.79 Å². The zero-order valence-corrected chi connectivity index (χ0v) is 11.8. The summed E-state index contributed by atoms with van der Waals surface area (Å²) in [6, 6.07) is 3.92. The van der Waals surface area contributed by atoms with Crippen molar-refractivity contribution in [3.63, 3.8) is 0 Å². The van der Waals surface area contributed by atoms with Crippen LogP contribution in [0.25, 0.3) is 0 Å². The lowest BCUT2D eigenvalue weighted by Gasteiger charge is -2.16. The van der Waals surface area contributed by atoms with Crippen LogP contribution in [-0.2, 0) is 0 Å². The molecule has 0 spiro atoms. The van der Waals surface area contributed by atoms with Crippen LogP contribution in [0.2, 0.25) is 5.02 Å². The molecule has 18 heavy (non-hydrogen) atoms. The summed E-state index contributed by atoms with van der Waals surface area (Å²) in [7, 11) is 0. The van der Waals surface area contributed by atoms with E-state index in [1.807, 2.05) is 26.0 Å². The van der Waals surface area contributed by atoms with Gasteiger partial charge in [0, 0.05) is 11.5 Å². The van der Waals surface area contributed by atoms with Crippen LogP contribution in [0.5, 0.6) is 0 Å². The van der Waals surface area contributed by atoms with Crippen molar-refractivity contribution in [2.24, 2.45) is 17.8 Å². The number of carbonyl (C=O) groups excluding carboxylic acids is 1. The minimum atomic E-state index is 0.254. The second kappa shape index (κ2) is 4.38. The van der Waals surface area contributed by atoms with Gasteiger partial charge in [-0.05, 0) is 74.6 Å². The molecule has 1 aromatic rings. The predicted molar refractivity (Wildman–Crippen MR) is 74.2 cm³/mol. The van der Waals surface area contributed by atoms with Crippen LogP contribution in [0.1, 0.15) is 47.2 Å². The summed E-state index contributed by atoms with van der Waals surface area (Å²) in [5, 5.41) is 0.634. The second-order valence-corrected chi connectivity index (χ2v) is 6.39. The number of carbonyl (C=O) groups is 1. The van der Waals surface area contributed by atoms with Crippen LogP contribution in [0, 0.1) is 31.6 Å². The average Bonchev–Trinajstić information content (AvgIpc) is 3.16. The fraction of sp³-hybridized carbons (Fsp3) is 0.562. The molecule has 3 rings (SSSR count). The zero-order valence-electron chi connectivity index (χ0n) is 11.0. The molecule has 0 amide bonds. The molecule has 96 valence electrons. The maximum atomic E-state index is 12.7. The van der Waals surface area contributed by atoms with Gasteiger partial charge in [0.05, 0.1) is 5.02 Å². The van der Waals surface area contributed by atoms with E-state index in [4.69, 9.17) is 11.6 Å². The van der Waals surface area contributed by atoms with Crippen molar-refractivity contribution in [3.8, 4) is 0 Å². The summed E-state index contributed by atoms with van der Waals surface area (Å²) >= 11 is 6.27. The van der Waals surface area contributed by atoms with Crippen LogP contribution in [0.3, 0.4) is 0 Å². The predicted octanol–water partition coefficient (Wildman–Crippen LogP) is 4.58. The fourth-order valence-electron chi connectivity index (χ4n) is 2.87. The van der Waals surface area contributed by atoms with E-state index in [1.54, 1.807) is 0 Å². The number of hydrogen-bond donors (Lipinski definition) is 0. The number of ketones is 1. The van der Waals surface area contributed by atoms with Gasteiger partial charge in [0.1, 0.15) is 0 Å². The maximum absolute atomic E-state index is 12.7. The SMILES string of the molecule is Cc1cc(Cl)c(C(=O)C(C2CC2)C2CC2)cc1C.